The van der Waals surface area contributed by atoms with E-state index in [1.54, 1.807) is 4.90 Å². The number of amides is 2. The molecule has 2 aliphatic heterocycles. The van der Waals surface area contributed by atoms with Crippen LogP contribution in [-0.2, 0) is 0 Å². The van der Waals surface area contributed by atoms with Crippen molar-refractivity contribution in [2.75, 3.05) is 39.4 Å². The van der Waals surface area contributed by atoms with E-state index in [9.17, 15) is 9.18 Å². The van der Waals surface area contributed by atoms with Gasteiger partial charge in [-0.2, -0.15) is 0 Å². The molecule has 1 N–H and O–H groups in total. The van der Waals surface area contributed by atoms with Gasteiger partial charge in [0.25, 0.3) is 0 Å². The highest BCUT2D eigenvalue weighted by Crippen LogP contribution is 2.26. The third-order valence-electron chi connectivity index (χ3n) is 5.24. The van der Waals surface area contributed by atoms with Crippen LogP contribution in [0.3, 0.4) is 0 Å². The van der Waals surface area contributed by atoms with Crippen LogP contribution in [0.4, 0.5) is 9.18 Å². The van der Waals surface area contributed by atoms with E-state index in [0.717, 1.165) is 37.5 Å². The van der Waals surface area contributed by atoms with Gasteiger partial charge in [-0.05, 0) is 63.7 Å². The van der Waals surface area contributed by atoms with Gasteiger partial charge >= 0.3 is 6.03 Å². The van der Waals surface area contributed by atoms with Gasteiger partial charge in [0, 0.05) is 19.6 Å². The second kappa shape index (κ2) is 8.01. The second-order valence-electron chi connectivity index (χ2n) is 6.98. The van der Waals surface area contributed by atoms with Crippen LogP contribution in [0.1, 0.15) is 43.2 Å². The molecule has 0 radical (unpaired) electrons. The highest BCUT2D eigenvalue weighted by atomic mass is 19.1. The summed E-state index contributed by atoms with van der Waals surface area (Å²) in [5.74, 6) is 1.94. The van der Waals surface area contributed by atoms with Crippen LogP contribution in [0.25, 0.3) is 0 Å². The van der Waals surface area contributed by atoms with E-state index >= 15 is 0 Å². The average Bonchev–Trinajstić information content (AvgIpc) is 3.27. The van der Waals surface area contributed by atoms with Gasteiger partial charge in [0.05, 0.1) is 12.7 Å². The van der Waals surface area contributed by atoms with Gasteiger partial charge in [-0.3, -0.25) is 9.29 Å². The summed E-state index contributed by atoms with van der Waals surface area (Å²) in [5, 5.41) is 3.06. The molecule has 6 heteroatoms. The Kier molecular flexibility index (Phi) is 5.76. The van der Waals surface area contributed by atoms with E-state index in [1.165, 1.54) is 12.8 Å². The van der Waals surface area contributed by atoms with E-state index in [4.69, 9.17) is 4.42 Å². The number of aryl methyl sites for hydroxylation is 1. The minimum atomic E-state index is -0.273. The van der Waals surface area contributed by atoms with Gasteiger partial charge in [0.2, 0.25) is 0 Å². The molecule has 2 amide bonds. The number of rotatable bonds is 5. The number of nitrogens with zero attached hydrogens (tertiary/aromatic N) is 2. The van der Waals surface area contributed by atoms with Crippen molar-refractivity contribution in [3.05, 3.63) is 23.7 Å². The number of carbonyl (C=O) groups is 1. The maximum atomic E-state index is 12.7. The van der Waals surface area contributed by atoms with Gasteiger partial charge < -0.3 is 14.6 Å². The van der Waals surface area contributed by atoms with Gasteiger partial charge in [-0.25, -0.2) is 4.79 Å². The van der Waals surface area contributed by atoms with E-state index in [2.05, 4.69) is 10.2 Å². The Labute approximate surface area is 143 Å². The lowest BCUT2D eigenvalue weighted by Gasteiger charge is -2.32. The number of halogens is 1. The number of piperidine rings is 1. The standard InChI is InChI=1S/C18H28FN3O2/c1-14-4-5-17(24-14)16(21-8-2-3-9-21)13-20-18(23)22-10-6-15(12-19)7-11-22/h4-5,15-16H,2-3,6-13H2,1H3,(H,20,23). The Morgan fingerprint density at radius 3 is 2.58 bits per heavy atom. The molecule has 2 aliphatic rings. The van der Waals surface area contributed by atoms with Crippen molar-refractivity contribution in [2.45, 2.75) is 38.6 Å². The summed E-state index contributed by atoms with van der Waals surface area (Å²) in [7, 11) is 0. The number of furan rings is 1. The average molecular weight is 337 g/mol. The number of likely N-dealkylation sites (tertiary alicyclic amines) is 2. The molecule has 24 heavy (non-hydrogen) atoms. The first-order chi connectivity index (χ1) is 11.7. The number of hydrogen-bond donors (Lipinski definition) is 1. The van der Waals surface area contributed by atoms with Crippen LogP contribution < -0.4 is 5.32 Å². The van der Waals surface area contributed by atoms with Gasteiger partial charge in [0.15, 0.2) is 0 Å². The summed E-state index contributed by atoms with van der Waals surface area (Å²) in [6, 6.07) is 4.03. The second-order valence-corrected chi connectivity index (χ2v) is 6.98. The fraction of sp³-hybridized carbons (Fsp3) is 0.722. The van der Waals surface area contributed by atoms with Crippen molar-refractivity contribution in [3.8, 4) is 0 Å². The normalized spacial score (nSPS) is 21.2. The zero-order valence-electron chi connectivity index (χ0n) is 14.5. The molecular weight excluding hydrogens is 309 g/mol. The number of hydrogen-bond acceptors (Lipinski definition) is 3. The summed E-state index contributed by atoms with van der Waals surface area (Å²) in [6.07, 6.45) is 3.91. The van der Waals surface area contributed by atoms with E-state index in [0.29, 0.717) is 19.6 Å². The minimum Gasteiger partial charge on any atom is -0.465 e. The fourth-order valence-electron chi connectivity index (χ4n) is 3.68. The molecule has 2 fully saturated rings. The van der Waals surface area contributed by atoms with Crippen molar-refractivity contribution >= 4 is 6.03 Å². The Morgan fingerprint density at radius 1 is 1.29 bits per heavy atom. The van der Waals surface area contributed by atoms with Crippen LogP contribution in [0.5, 0.6) is 0 Å². The highest BCUT2D eigenvalue weighted by molar-refractivity contribution is 5.74. The smallest absolute Gasteiger partial charge is 0.317 e. The molecule has 1 aromatic heterocycles. The fourth-order valence-corrected chi connectivity index (χ4v) is 3.68. The zero-order valence-corrected chi connectivity index (χ0v) is 14.5. The topological polar surface area (TPSA) is 48.7 Å². The van der Waals surface area contributed by atoms with Crippen molar-refractivity contribution in [3.63, 3.8) is 0 Å². The van der Waals surface area contributed by atoms with Crippen molar-refractivity contribution in [1.29, 1.82) is 0 Å². The molecule has 0 bridgehead atoms. The molecule has 0 aliphatic carbocycles. The van der Waals surface area contributed by atoms with Gasteiger partial charge in [0.1, 0.15) is 11.5 Å². The third kappa shape index (κ3) is 4.09. The van der Waals surface area contributed by atoms with Crippen molar-refractivity contribution in [2.24, 2.45) is 5.92 Å². The van der Waals surface area contributed by atoms with Crippen LogP contribution in [0.2, 0.25) is 0 Å². The lowest BCUT2D eigenvalue weighted by atomic mass is 9.99. The van der Waals surface area contributed by atoms with Gasteiger partial charge in [-0.15, -0.1) is 0 Å². The first-order valence-electron chi connectivity index (χ1n) is 9.06. The summed E-state index contributed by atoms with van der Waals surface area (Å²) in [5.41, 5.74) is 0. The largest absolute Gasteiger partial charge is 0.465 e. The zero-order chi connectivity index (χ0) is 16.9. The lowest BCUT2D eigenvalue weighted by Crippen LogP contribution is -2.47. The molecule has 2 saturated heterocycles. The maximum Gasteiger partial charge on any atom is 0.317 e. The van der Waals surface area contributed by atoms with Crippen molar-refractivity contribution < 1.29 is 13.6 Å². The van der Waals surface area contributed by atoms with Crippen LogP contribution >= 0.6 is 0 Å². The number of urea groups is 1. The summed E-state index contributed by atoms with van der Waals surface area (Å²) < 4.78 is 18.5. The minimum absolute atomic E-state index is 0.0419. The molecule has 3 heterocycles. The number of nitrogens with one attached hydrogen (secondary N) is 1. The molecule has 134 valence electrons. The molecule has 3 rings (SSSR count). The Balaban J connectivity index is 1.56. The molecule has 1 unspecified atom stereocenters. The molecule has 1 atom stereocenters. The van der Waals surface area contributed by atoms with Crippen LogP contribution in [0, 0.1) is 12.8 Å². The highest BCUT2D eigenvalue weighted by Gasteiger charge is 2.28. The first-order valence-corrected chi connectivity index (χ1v) is 9.06. The monoisotopic (exact) mass is 337 g/mol. The lowest BCUT2D eigenvalue weighted by molar-refractivity contribution is 0.154. The SMILES string of the molecule is Cc1ccc(C(CNC(=O)N2CCC(CF)CC2)N2CCCC2)o1. The van der Waals surface area contributed by atoms with E-state index in [1.807, 2.05) is 19.1 Å². The summed E-state index contributed by atoms with van der Waals surface area (Å²) >= 11 is 0. The molecule has 1 aromatic rings. The Hall–Kier alpha value is -1.56. The number of alkyl halides is 1. The molecule has 5 nitrogen and oxygen atoms in total. The van der Waals surface area contributed by atoms with Crippen LogP contribution in [0.15, 0.2) is 16.5 Å². The summed E-state index contributed by atoms with van der Waals surface area (Å²) in [4.78, 5) is 16.6. The first kappa shape index (κ1) is 17.3. The van der Waals surface area contributed by atoms with Gasteiger partial charge in [-0.1, -0.05) is 0 Å². The van der Waals surface area contributed by atoms with E-state index < -0.39 is 0 Å². The predicted octanol–water partition coefficient (Wildman–Crippen LogP) is 3.12. The number of carbonyl (C=O) groups excluding carboxylic acids is 1. The quantitative estimate of drug-likeness (QED) is 0.898. The van der Waals surface area contributed by atoms with E-state index in [-0.39, 0.29) is 24.7 Å². The molecule has 0 spiro atoms. The Bertz CT molecular complexity index is 534. The van der Waals surface area contributed by atoms with Crippen LogP contribution in [-0.4, -0.2) is 55.2 Å². The molecule has 0 aromatic carbocycles. The maximum absolute atomic E-state index is 12.7. The predicted molar refractivity (Wildman–Crippen MR) is 90.7 cm³/mol. The molecule has 0 saturated carbocycles. The third-order valence-corrected chi connectivity index (χ3v) is 5.24. The summed E-state index contributed by atoms with van der Waals surface area (Å²) in [6.45, 7) is 5.60. The van der Waals surface area contributed by atoms with Crippen molar-refractivity contribution in [1.82, 2.24) is 15.1 Å². The Morgan fingerprint density at radius 2 is 2.00 bits per heavy atom. The molecular formula is C18H28FN3O2.